The molecule has 6 heteroatoms. The van der Waals surface area contributed by atoms with Crippen molar-refractivity contribution in [2.24, 2.45) is 5.73 Å². The third-order valence-electron chi connectivity index (χ3n) is 3.30. The molecular weight excluding hydrogens is 268 g/mol. The molecule has 0 aliphatic carbocycles. The number of rotatable bonds is 3. The summed E-state index contributed by atoms with van der Waals surface area (Å²) in [6.45, 7) is 0.473. The molecule has 2 aromatic carbocycles. The number of nitrogens with zero attached hydrogens (tertiary/aromatic N) is 1. The van der Waals surface area contributed by atoms with Crippen molar-refractivity contribution in [2.45, 2.75) is 0 Å². The summed E-state index contributed by atoms with van der Waals surface area (Å²) in [6, 6.07) is 14.1. The van der Waals surface area contributed by atoms with Gasteiger partial charge < -0.3 is 16.4 Å². The molecule has 0 aromatic heterocycles. The molecule has 3 rings (SSSR count). The minimum atomic E-state index is -0.623. The largest absolute Gasteiger partial charge is 0.351 e. The number of primary amides is 1. The minimum absolute atomic E-state index is 0.136. The Hall–Kier alpha value is -3.02. The second-order valence-corrected chi connectivity index (χ2v) is 4.62. The molecule has 0 bridgehead atoms. The summed E-state index contributed by atoms with van der Waals surface area (Å²) in [5, 5.41) is 5.28. The topological polar surface area (TPSA) is 87.5 Å². The maximum Gasteiger partial charge on any atom is 0.324 e. The fourth-order valence-electron chi connectivity index (χ4n) is 2.31. The third-order valence-corrected chi connectivity index (χ3v) is 3.30. The Morgan fingerprint density at radius 3 is 2.38 bits per heavy atom. The van der Waals surface area contributed by atoms with Crippen LogP contribution in [-0.2, 0) is 0 Å². The van der Waals surface area contributed by atoms with Crippen LogP contribution in [0.3, 0.4) is 0 Å². The Bertz CT molecular complexity index is 714. The number of carbonyl (C=O) groups is 2. The van der Waals surface area contributed by atoms with Gasteiger partial charge in [0.2, 0.25) is 0 Å². The second kappa shape index (κ2) is 5.16. The molecule has 1 saturated heterocycles. The number of carbonyl (C=O) groups excluding carboxylic acids is 2. The quantitative estimate of drug-likeness (QED) is 0.806. The lowest BCUT2D eigenvalue weighted by molar-refractivity contribution is 0.235. The first kappa shape index (κ1) is 13.0. The molecular formula is C15H14N4O2. The van der Waals surface area contributed by atoms with Crippen molar-refractivity contribution in [1.82, 2.24) is 5.32 Å². The predicted molar refractivity (Wildman–Crippen MR) is 81.0 cm³/mol. The summed E-state index contributed by atoms with van der Waals surface area (Å²) in [4.78, 5) is 24.4. The van der Waals surface area contributed by atoms with Gasteiger partial charge in [-0.3, -0.25) is 4.90 Å². The summed E-state index contributed by atoms with van der Waals surface area (Å²) < 4.78 is 0. The van der Waals surface area contributed by atoms with E-state index in [1.54, 1.807) is 11.0 Å². The highest BCUT2D eigenvalue weighted by Gasteiger charge is 2.27. The van der Waals surface area contributed by atoms with Gasteiger partial charge >= 0.3 is 12.1 Å². The number of para-hydroxylation sites is 2. The molecule has 1 aliphatic rings. The number of hydrogen-bond donors (Lipinski definition) is 3. The van der Waals surface area contributed by atoms with Crippen LogP contribution < -0.4 is 21.3 Å². The number of nitrogens with one attached hydrogen (secondary N) is 2. The molecule has 106 valence electrons. The van der Waals surface area contributed by atoms with Crippen LogP contribution >= 0.6 is 0 Å². The van der Waals surface area contributed by atoms with Crippen LogP contribution in [0.25, 0.3) is 11.1 Å². The first-order valence-electron chi connectivity index (χ1n) is 6.47. The molecule has 4 amide bonds. The van der Waals surface area contributed by atoms with Crippen molar-refractivity contribution in [3.63, 3.8) is 0 Å². The summed E-state index contributed by atoms with van der Waals surface area (Å²) in [6.07, 6.45) is 0. The van der Waals surface area contributed by atoms with Crippen molar-refractivity contribution < 1.29 is 9.59 Å². The highest BCUT2D eigenvalue weighted by Crippen LogP contribution is 2.36. The molecule has 0 spiro atoms. The maximum atomic E-state index is 11.6. The van der Waals surface area contributed by atoms with Gasteiger partial charge in [-0.05, 0) is 12.1 Å². The third kappa shape index (κ3) is 2.38. The fraction of sp³-hybridized carbons (Fsp3) is 0.0667. The number of amides is 4. The Morgan fingerprint density at radius 2 is 1.76 bits per heavy atom. The van der Waals surface area contributed by atoms with E-state index in [0.717, 1.165) is 16.8 Å². The molecule has 21 heavy (non-hydrogen) atoms. The van der Waals surface area contributed by atoms with E-state index < -0.39 is 6.03 Å². The molecule has 0 atom stereocenters. The van der Waals surface area contributed by atoms with Crippen molar-refractivity contribution in [1.29, 1.82) is 0 Å². The van der Waals surface area contributed by atoms with E-state index in [2.05, 4.69) is 10.6 Å². The van der Waals surface area contributed by atoms with Crippen LogP contribution in [0, 0.1) is 0 Å². The highest BCUT2D eigenvalue weighted by atomic mass is 16.2. The first-order valence-corrected chi connectivity index (χ1v) is 6.47. The summed E-state index contributed by atoms with van der Waals surface area (Å²) in [5.74, 6) is 0. The zero-order valence-electron chi connectivity index (χ0n) is 11.2. The van der Waals surface area contributed by atoms with Crippen molar-refractivity contribution in [3.8, 4) is 11.1 Å². The number of anilines is 2. The van der Waals surface area contributed by atoms with Gasteiger partial charge in [-0.15, -0.1) is 0 Å². The molecule has 0 saturated carbocycles. The van der Waals surface area contributed by atoms with Crippen LogP contribution in [0.2, 0.25) is 0 Å². The zero-order valence-corrected chi connectivity index (χ0v) is 11.2. The van der Waals surface area contributed by atoms with Crippen molar-refractivity contribution in [2.75, 3.05) is 16.9 Å². The van der Waals surface area contributed by atoms with Gasteiger partial charge in [-0.2, -0.15) is 0 Å². The minimum Gasteiger partial charge on any atom is -0.351 e. The Kier molecular flexibility index (Phi) is 3.19. The molecule has 6 nitrogen and oxygen atoms in total. The average Bonchev–Trinajstić information content (AvgIpc) is 2.46. The Labute approximate surface area is 121 Å². The van der Waals surface area contributed by atoms with Crippen LogP contribution in [-0.4, -0.2) is 18.7 Å². The van der Waals surface area contributed by atoms with Gasteiger partial charge in [0.1, 0.15) is 6.67 Å². The van der Waals surface area contributed by atoms with Gasteiger partial charge in [0.15, 0.2) is 0 Å². The van der Waals surface area contributed by atoms with Gasteiger partial charge in [-0.25, -0.2) is 9.59 Å². The van der Waals surface area contributed by atoms with Crippen molar-refractivity contribution in [3.05, 3.63) is 48.5 Å². The van der Waals surface area contributed by atoms with Crippen LogP contribution in [0.1, 0.15) is 0 Å². The summed E-state index contributed by atoms with van der Waals surface area (Å²) in [5.41, 5.74) is 8.28. The SMILES string of the molecule is NC(=O)Nc1ccccc1-c1ccccc1N1CNC1=O. The van der Waals surface area contributed by atoms with E-state index in [4.69, 9.17) is 5.73 Å². The van der Waals surface area contributed by atoms with Gasteiger partial charge in [0.25, 0.3) is 0 Å². The van der Waals surface area contributed by atoms with Crippen molar-refractivity contribution >= 4 is 23.4 Å². The lowest BCUT2D eigenvalue weighted by atomic mass is 10.0. The van der Waals surface area contributed by atoms with Crippen LogP contribution in [0.5, 0.6) is 0 Å². The lowest BCUT2D eigenvalue weighted by Gasteiger charge is -2.33. The van der Waals surface area contributed by atoms with E-state index in [1.807, 2.05) is 42.5 Å². The van der Waals surface area contributed by atoms with Crippen LogP contribution in [0.15, 0.2) is 48.5 Å². The molecule has 0 radical (unpaired) electrons. The smallest absolute Gasteiger partial charge is 0.324 e. The van der Waals surface area contributed by atoms with E-state index in [0.29, 0.717) is 12.4 Å². The monoisotopic (exact) mass is 282 g/mol. The highest BCUT2D eigenvalue weighted by molar-refractivity contribution is 6.03. The van der Waals surface area contributed by atoms with Gasteiger partial charge in [0, 0.05) is 11.1 Å². The van der Waals surface area contributed by atoms with Crippen LogP contribution in [0.4, 0.5) is 21.0 Å². The molecule has 1 aliphatic heterocycles. The first-order chi connectivity index (χ1) is 10.2. The van der Waals surface area contributed by atoms with E-state index >= 15 is 0 Å². The zero-order chi connectivity index (χ0) is 14.8. The number of nitrogens with two attached hydrogens (primary N) is 1. The second-order valence-electron chi connectivity index (χ2n) is 4.62. The maximum absolute atomic E-state index is 11.6. The Morgan fingerprint density at radius 1 is 1.10 bits per heavy atom. The number of benzene rings is 2. The molecule has 0 unspecified atom stereocenters. The van der Waals surface area contributed by atoms with E-state index in [9.17, 15) is 9.59 Å². The molecule has 2 aromatic rings. The number of urea groups is 2. The average molecular weight is 282 g/mol. The normalized spacial score (nSPS) is 13.3. The van der Waals surface area contributed by atoms with E-state index in [-0.39, 0.29) is 6.03 Å². The Balaban J connectivity index is 2.09. The van der Waals surface area contributed by atoms with E-state index in [1.165, 1.54) is 0 Å². The number of hydrogen-bond acceptors (Lipinski definition) is 2. The summed E-state index contributed by atoms with van der Waals surface area (Å²) in [7, 11) is 0. The predicted octanol–water partition coefficient (Wildman–Crippen LogP) is 2.33. The van der Waals surface area contributed by atoms with Gasteiger partial charge in [-0.1, -0.05) is 36.4 Å². The fourth-order valence-corrected chi connectivity index (χ4v) is 2.31. The van der Waals surface area contributed by atoms with Gasteiger partial charge in [0.05, 0.1) is 11.4 Å². The lowest BCUT2D eigenvalue weighted by Crippen LogP contribution is -2.57. The molecule has 4 N–H and O–H groups in total. The standard InChI is InChI=1S/C15H14N4O2/c16-14(20)18-12-7-3-1-5-10(12)11-6-2-4-8-13(11)19-9-17-15(19)21/h1-8H,9H2,(H,17,21)(H3,16,18,20). The molecule has 1 heterocycles. The summed E-state index contributed by atoms with van der Waals surface area (Å²) >= 11 is 0. The molecule has 1 fully saturated rings.